The Labute approximate surface area is 111 Å². The molecule has 0 aromatic carbocycles. The fourth-order valence-electron chi connectivity index (χ4n) is 1.58. The molecule has 9 heteroatoms. The molecule has 1 aliphatic carbocycles. The van der Waals surface area contributed by atoms with Gasteiger partial charge in [0.2, 0.25) is 5.95 Å². The molecule has 0 atom stereocenters. The van der Waals surface area contributed by atoms with Gasteiger partial charge in [-0.05, 0) is 24.6 Å². The molecule has 0 aliphatic heterocycles. The number of anilines is 1. The zero-order valence-electron chi connectivity index (χ0n) is 9.13. The van der Waals surface area contributed by atoms with Gasteiger partial charge in [-0.15, -0.1) is 5.10 Å². The van der Waals surface area contributed by atoms with Crippen LogP contribution in [0.2, 0.25) is 5.15 Å². The van der Waals surface area contributed by atoms with Crippen molar-refractivity contribution in [2.24, 2.45) is 0 Å². The summed E-state index contributed by atoms with van der Waals surface area (Å²) in [5, 5.41) is 7.81. The number of aromatic amines is 1. The van der Waals surface area contributed by atoms with Gasteiger partial charge in [0.25, 0.3) is 0 Å². The Morgan fingerprint density at radius 3 is 2.94 bits per heavy atom. The number of hydrogen-bond donors (Lipinski definition) is 2. The molecular formula is C9H9ClN6OS. The average Bonchev–Trinajstić information content (AvgIpc) is 3.04. The lowest BCUT2D eigenvalue weighted by atomic mass is 10.7. The van der Waals surface area contributed by atoms with Crippen LogP contribution in [0.3, 0.4) is 0 Å². The first-order valence-corrected chi connectivity index (χ1v) is 6.48. The molecule has 0 amide bonds. The summed E-state index contributed by atoms with van der Waals surface area (Å²) >= 11 is 7.03. The lowest BCUT2D eigenvalue weighted by Crippen LogP contribution is -2.16. The fourth-order valence-corrected chi connectivity index (χ4v) is 2.75. The number of H-pyrrole nitrogens is 1. The maximum Gasteiger partial charge on any atom is 0.344 e. The molecule has 1 aliphatic rings. The third kappa shape index (κ3) is 2.21. The van der Waals surface area contributed by atoms with E-state index in [-0.39, 0.29) is 22.8 Å². The van der Waals surface area contributed by atoms with E-state index < -0.39 is 0 Å². The average molecular weight is 285 g/mol. The molecule has 3 N–H and O–H groups in total. The van der Waals surface area contributed by atoms with Crippen LogP contribution < -0.4 is 11.4 Å². The van der Waals surface area contributed by atoms with Gasteiger partial charge >= 0.3 is 5.69 Å². The summed E-state index contributed by atoms with van der Waals surface area (Å²) in [7, 11) is 0. The summed E-state index contributed by atoms with van der Waals surface area (Å²) in [5.41, 5.74) is 5.31. The number of aromatic nitrogens is 5. The van der Waals surface area contributed by atoms with E-state index in [1.54, 1.807) is 10.6 Å². The molecule has 2 aromatic heterocycles. The predicted octanol–water partition coefficient (Wildman–Crippen LogP) is 1.08. The maximum absolute atomic E-state index is 11.6. The highest BCUT2D eigenvalue weighted by Gasteiger charge is 2.28. The summed E-state index contributed by atoms with van der Waals surface area (Å²) in [6.45, 7) is 0. The van der Waals surface area contributed by atoms with E-state index >= 15 is 0 Å². The number of rotatable bonds is 3. The van der Waals surface area contributed by atoms with Gasteiger partial charge in [-0.25, -0.2) is 19.9 Å². The van der Waals surface area contributed by atoms with E-state index in [1.165, 1.54) is 11.8 Å². The highest BCUT2D eigenvalue weighted by atomic mass is 35.5. The van der Waals surface area contributed by atoms with Crippen molar-refractivity contribution in [1.29, 1.82) is 0 Å². The predicted molar refractivity (Wildman–Crippen MR) is 66.7 cm³/mol. The standard InChI is InChI=1S/C9H9ClN6OS/c10-5-3-6(13-7(11)12-5)18-9-15-14-8(17)16(9)4-1-2-4/h3-4H,1-2H2,(H,14,17)(H2,11,12,13). The molecule has 0 bridgehead atoms. The fraction of sp³-hybridized carbons (Fsp3) is 0.333. The van der Waals surface area contributed by atoms with Crippen LogP contribution >= 0.6 is 23.4 Å². The topological polar surface area (TPSA) is 102 Å². The van der Waals surface area contributed by atoms with E-state index in [2.05, 4.69) is 20.2 Å². The molecular weight excluding hydrogens is 276 g/mol. The molecule has 1 fully saturated rings. The molecule has 0 saturated heterocycles. The van der Waals surface area contributed by atoms with E-state index in [9.17, 15) is 4.79 Å². The Balaban J connectivity index is 1.94. The molecule has 94 valence electrons. The number of nitrogen functional groups attached to an aromatic ring is 1. The zero-order chi connectivity index (χ0) is 12.7. The number of hydrogen-bond acceptors (Lipinski definition) is 6. The van der Waals surface area contributed by atoms with Gasteiger partial charge in [0.15, 0.2) is 5.16 Å². The first-order chi connectivity index (χ1) is 8.63. The van der Waals surface area contributed by atoms with Gasteiger partial charge in [-0.2, -0.15) is 0 Å². The second-order valence-electron chi connectivity index (χ2n) is 3.90. The van der Waals surface area contributed by atoms with Gasteiger partial charge in [0.1, 0.15) is 10.2 Å². The minimum atomic E-state index is -0.201. The second kappa shape index (κ2) is 4.29. The molecule has 2 heterocycles. The summed E-state index contributed by atoms with van der Waals surface area (Å²) < 4.78 is 1.64. The van der Waals surface area contributed by atoms with Crippen molar-refractivity contribution >= 4 is 29.3 Å². The molecule has 3 rings (SSSR count). The van der Waals surface area contributed by atoms with Crippen LogP contribution in [-0.2, 0) is 0 Å². The Kier molecular flexibility index (Phi) is 2.75. The molecule has 18 heavy (non-hydrogen) atoms. The minimum Gasteiger partial charge on any atom is -0.368 e. The molecule has 2 aromatic rings. The number of nitrogens with one attached hydrogen (secondary N) is 1. The Bertz CT molecular complexity index is 628. The van der Waals surface area contributed by atoms with Crippen molar-refractivity contribution in [3.63, 3.8) is 0 Å². The molecule has 0 radical (unpaired) electrons. The zero-order valence-corrected chi connectivity index (χ0v) is 10.7. The van der Waals surface area contributed by atoms with Gasteiger partial charge in [-0.1, -0.05) is 11.6 Å². The van der Waals surface area contributed by atoms with E-state index in [1.807, 2.05) is 0 Å². The molecule has 0 unspecified atom stereocenters. The Hall–Kier alpha value is -1.54. The van der Waals surface area contributed by atoms with Gasteiger partial charge in [-0.3, -0.25) is 4.57 Å². The minimum absolute atomic E-state index is 0.0980. The van der Waals surface area contributed by atoms with Crippen LogP contribution in [0, 0.1) is 0 Å². The lowest BCUT2D eigenvalue weighted by Gasteiger charge is -2.03. The normalized spacial score (nSPS) is 14.9. The first kappa shape index (κ1) is 11.5. The highest BCUT2D eigenvalue weighted by Crippen LogP contribution is 2.37. The van der Waals surface area contributed by atoms with Crippen molar-refractivity contribution in [2.45, 2.75) is 29.1 Å². The van der Waals surface area contributed by atoms with Gasteiger partial charge < -0.3 is 5.73 Å². The van der Waals surface area contributed by atoms with Crippen molar-refractivity contribution in [3.05, 3.63) is 21.7 Å². The maximum atomic E-state index is 11.6. The van der Waals surface area contributed by atoms with Gasteiger partial charge in [0.05, 0.1) is 0 Å². The summed E-state index contributed by atoms with van der Waals surface area (Å²) in [6, 6.07) is 1.83. The lowest BCUT2D eigenvalue weighted by molar-refractivity contribution is 0.642. The molecule has 7 nitrogen and oxygen atoms in total. The first-order valence-electron chi connectivity index (χ1n) is 5.28. The van der Waals surface area contributed by atoms with Crippen molar-refractivity contribution in [1.82, 2.24) is 24.7 Å². The van der Waals surface area contributed by atoms with Crippen LogP contribution in [0.15, 0.2) is 21.0 Å². The molecule has 0 spiro atoms. The monoisotopic (exact) mass is 284 g/mol. The quantitative estimate of drug-likeness (QED) is 0.818. The van der Waals surface area contributed by atoms with E-state index in [4.69, 9.17) is 17.3 Å². The summed E-state index contributed by atoms with van der Waals surface area (Å²) in [5.74, 6) is 0.0980. The van der Waals surface area contributed by atoms with Crippen LogP contribution in [0.4, 0.5) is 5.95 Å². The number of halogens is 1. The van der Waals surface area contributed by atoms with Crippen molar-refractivity contribution < 1.29 is 0 Å². The van der Waals surface area contributed by atoms with Crippen LogP contribution in [0.5, 0.6) is 0 Å². The SMILES string of the molecule is Nc1nc(Cl)cc(Sc2n[nH]c(=O)n2C2CC2)n1. The molecule has 1 saturated carbocycles. The van der Waals surface area contributed by atoms with Crippen molar-refractivity contribution in [2.75, 3.05) is 5.73 Å². The van der Waals surface area contributed by atoms with E-state index in [0.29, 0.717) is 10.2 Å². The highest BCUT2D eigenvalue weighted by molar-refractivity contribution is 7.99. The second-order valence-corrected chi connectivity index (χ2v) is 5.28. The smallest absolute Gasteiger partial charge is 0.344 e. The Morgan fingerprint density at radius 2 is 2.28 bits per heavy atom. The van der Waals surface area contributed by atoms with E-state index in [0.717, 1.165) is 12.8 Å². The van der Waals surface area contributed by atoms with Crippen molar-refractivity contribution in [3.8, 4) is 0 Å². The largest absolute Gasteiger partial charge is 0.368 e. The number of nitrogens with two attached hydrogens (primary N) is 1. The summed E-state index contributed by atoms with van der Waals surface area (Å²) in [4.78, 5) is 19.4. The number of nitrogens with zero attached hydrogens (tertiary/aromatic N) is 4. The van der Waals surface area contributed by atoms with Crippen LogP contribution in [0.1, 0.15) is 18.9 Å². The summed E-state index contributed by atoms with van der Waals surface area (Å²) in [6.07, 6.45) is 2.00. The van der Waals surface area contributed by atoms with Crippen LogP contribution in [0.25, 0.3) is 0 Å². The third-order valence-electron chi connectivity index (χ3n) is 2.47. The Morgan fingerprint density at radius 1 is 1.50 bits per heavy atom. The third-order valence-corrected chi connectivity index (χ3v) is 3.55. The van der Waals surface area contributed by atoms with Gasteiger partial charge in [0, 0.05) is 12.1 Å². The van der Waals surface area contributed by atoms with Crippen LogP contribution in [-0.4, -0.2) is 24.7 Å².